The van der Waals surface area contributed by atoms with E-state index in [9.17, 15) is 17.2 Å². The van der Waals surface area contributed by atoms with E-state index in [0.29, 0.717) is 17.5 Å². The van der Waals surface area contributed by atoms with E-state index < -0.39 is 15.9 Å². The molecule has 0 aliphatic rings. The summed E-state index contributed by atoms with van der Waals surface area (Å²) >= 11 is 0. The van der Waals surface area contributed by atoms with Crippen molar-refractivity contribution in [3.05, 3.63) is 59.2 Å². The molecule has 1 heterocycles. The molecule has 3 aromatic rings. The fourth-order valence-electron chi connectivity index (χ4n) is 2.87. The van der Waals surface area contributed by atoms with Crippen molar-refractivity contribution >= 4 is 10.0 Å². The first-order chi connectivity index (χ1) is 14.1. The molecule has 0 fully saturated rings. The predicted octanol–water partition coefficient (Wildman–Crippen LogP) is 1.94. The second-order valence-electron chi connectivity index (χ2n) is 6.72. The number of alkyl halides is 2. The van der Waals surface area contributed by atoms with Gasteiger partial charge in [-0.2, -0.15) is 4.80 Å². The Bertz CT molecular complexity index is 1130. The zero-order valence-corrected chi connectivity index (χ0v) is 17.2. The zero-order chi connectivity index (χ0) is 21.9. The molecule has 0 aliphatic heterocycles. The Morgan fingerprint density at radius 1 is 1.17 bits per heavy atom. The smallest absolute Gasteiger partial charge is 0.270 e. The van der Waals surface area contributed by atoms with Crippen LogP contribution in [0.3, 0.4) is 0 Å². The maximum Gasteiger partial charge on any atom is 0.270 e. The Morgan fingerprint density at radius 3 is 2.47 bits per heavy atom. The maximum absolute atomic E-state index is 13.4. The van der Waals surface area contributed by atoms with Crippen LogP contribution in [0.5, 0.6) is 0 Å². The first-order valence-electron chi connectivity index (χ1n) is 9.07. The molecule has 0 bridgehead atoms. The summed E-state index contributed by atoms with van der Waals surface area (Å²) in [5.41, 5.74) is 1.82. The van der Waals surface area contributed by atoms with E-state index >= 15 is 0 Å². The number of aliphatic hydroxyl groups excluding tert-OH is 1. The number of sulfonamides is 1. The number of hydrogen-bond acceptors (Lipinski definition) is 6. The van der Waals surface area contributed by atoms with Crippen LogP contribution in [0.15, 0.2) is 47.4 Å². The van der Waals surface area contributed by atoms with Crippen LogP contribution in [0.2, 0.25) is 0 Å². The average Bonchev–Trinajstić information content (AvgIpc) is 3.16. The van der Waals surface area contributed by atoms with Gasteiger partial charge in [-0.25, -0.2) is 21.9 Å². The van der Waals surface area contributed by atoms with Crippen LogP contribution >= 0.6 is 0 Å². The van der Waals surface area contributed by atoms with E-state index in [-0.39, 0.29) is 29.4 Å². The van der Waals surface area contributed by atoms with Crippen molar-refractivity contribution in [2.75, 3.05) is 13.7 Å². The minimum absolute atomic E-state index is 0.0308. The number of nitrogens with one attached hydrogen (secondary N) is 1. The van der Waals surface area contributed by atoms with E-state index in [1.807, 2.05) is 0 Å². The molecule has 2 N–H and O–H groups in total. The summed E-state index contributed by atoms with van der Waals surface area (Å²) in [7, 11) is -2.39. The highest BCUT2D eigenvalue weighted by molar-refractivity contribution is 7.89. The van der Waals surface area contributed by atoms with Crippen molar-refractivity contribution in [1.29, 1.82) is 0 Å². The number of tetrazole rings is 1. The number of aromatic nitrogens is 4. The van der Waals surface area contributed by atoms with Gasteiger partial charge in [-0.05, 0) is 41.9 Å². The summed E-state index contributed by atoms with van der Waals surface area (Å²) < 4.78 is 53.6. The molecule has 11 heteroatoms. The van der Waals surface area contributed by atoms with E-state index in [4.69, 9.17) is 5.11 Å². The molecule has 1 aromatic heterocycles. The monoisotopic (exact) mass is 437 g/mol. The van der Waals surface area contributed by atoms with Crippen LogP contribution in [0.1, 0.15) is 23.6 Å². The summed E-state index contributed by atoms with van der Waals surface area (Å²) in [6.07, 6.45) is 0.347. The summed E-state index contributed by atoms with van der Waals surface area (Å²) in [6.45, 7) is 0.803. The van der Waals surface area contributed by atoms with Gasteiger partial charge >= 0.3 is 0 Å². The molecule has 0 amide bonds. The van der Waals surface area contributed by atoms with Gasteiger partial charge in [0.05, 0.1) is 18.0 Å². The minimum Gasteiger partial charge on any atom is -0.394 e. The Hall–Kier alpha value is -2.76. The van der Waals surface area contributed by atoms with Gasteiger partial charge in [-0.15, -0.1) is 10.2 Å². The Labute approximate surface area is 172 Å². The number of rotatable bonds is 8. The van der Waals surface area contributed by atoms with Gasteiger partial charge < -0.3 is 5.11 Å². The molecule has 160 valence electrons. The maximum atomic E-state index is 13.4. The second-order valence-corrected chi connectivity index (χ2v) is 8.61. The Kier molecular flexibility index (Phi) is 6.25. The first kappa shape index (κ1) is 21.9. The Balaban J connectivity index is 2.02. The third-order valence-electron chi connectivity index (χ3n) is 4.51. The standard InChI is InChI=1S/C19H21F2N5O3S/c1-19(20,21)15-6-3-13(4-7-15)11-14-5-8-16(30(28,29)22-2)12-17(14)18-23-25-26(24-18)9-10-27/h3-8,12,22,27H,9-11H2,1-2H3. The van der Waals surface area contributed by atoms with Gasteiger partial charge in [0.15, 0.2) is 0 Å². The predicted molar refractivity (Wildman–Crippen MR) is 105 cm³/mol. The molecule has 30 heavy (non-hydrogen) atoms. The summed E-state index contributed by atoms with van der Waals surface area (Å²) in [6, 6.07) is 10.5. The van der Waals surface area contributed by atoms with Crippen LogP contribution in [0.25, 0.3) is 11.4 Å². The third kappa shape index (κ3) is 4.86. The average molecular weight is 437 g/mol. The van der Waals surface area contributed by atoms with Gasteiger partial charge in [0.25, 0.3) is 5.92 Å². The second kappa shape index (κ2) is 8.54. The quantitative estimate of drug-likeness (QED) is 0.557. The van der Waals surface area contributed by atoms with Crippen molar-refractivity contribution in [3.63, 3.8) is 0 Å². The molecule has 0 aliphatic carbocycles. The van der Waals surface area contributed by atoms with Gasteiger partial charge in [0.2, 0.25) is 15.8 Å². The fraction of sp³-hybridized carbons (Fsp3) is 0.316. The molecule has 0 saturated carbocycles. The van der Waals surface area contributed by atoms with Crippen LogP contribution < -0.4 is 4.72 Å². The largest absolute Gasteiger partial charge is 0.394 e. The molecule has 0 radical (unpaired) electrons. The lowest BCUT2D eigenvalue weighted by Crippen LogP contribution is -2.18. The van der Waals surface area contributed by atoms with Crippen LogP contribution in [-0.2, 0) is 28.9 Å². The molecule has 2 aromatic carbocycles. The molecule has 8 nitrogen and oxygen atoms in total. The van der Waals surface area contributed by atoms with E-state index in [2.05, 4.69) is 20.1 Å². The van der Waals surface area contributed by atoms with E-state index in [0.717, 1.165) is 12.5 Å². The van der Waals surface area contributed by atoms with Crippen molar-refractivity contribution < 1.29 is 22.3 Å². The van der Waals surface area contributed by atoms with Gasteiger partial charge in [0.1, 0.15) is 0 Å². The molecule has 0 atom stereocenters. The van der Waals surface area contributed by atoms with Gasteiger partial charge in [-0.3, -0.25) is 0 Å². The third-order valence-corrected chi connectivity index (χ3v) is 5.92. The van der Waals surface area contributed by atoms with E-state index in [1.54, 1.807) is 18.2 Å². The van der Waals surface area contributed by atoms with Gasteiger partial charge in [0, 0.05) is 18.1 Å². The normalized spacial score (nSPS) is 12.3. The topological polar surface area (TPSA) is 110 Å². The van der Waals surface area contributed by atoms with Crippen molar-refractivity contribution in [3.8, 4) is 11.4 Å². The lowest BCUT2D eigenvalue weighted by atomic mass is 9.98. The number of nitrogens with zero attached hydrogens (tertiary/aromatic N) is 4. The highest BCUT2D eigenvalue weighted by Crippen LogP contribution is 2.29. The molecule has 0 spiro atoms. The number of aliphatic hydroxyl groups is 1. The molecule has 0 saturated heterocycles. The summed E-state index contributed by atoms with van der Waals surface area (Å²) in [5.74, 6) is -2.73. The molecular formula is C19H21F2N5O3S. The number of hydrogen-bond donors (Lipinski definition) is 2. The first-order valence-corrected chi connectivity index (χ1v) is 10.5. The van der Waals surface area contributed by atoms with E-state index in [1.165, 1.54) is 36.1 Å². The number of halogens is 2. The minimum atomic E-state index is -3.70. The lowest BCUT2D eigenvalue weighted by Gasteiger charge is -2.12. The van der Waals surface area contributed by atoms with Crippen molar-refractivity contribution in [2.45, 2.75) is 30.7 Å². The van der Waals surface area contributed by atoms with Crippen LogP contribution in [0.4, 0.5) is 8.78 Å². The number of benzene rings is 2. The highest BCUT2D eigenvalue weighted by Gasteiger charge is 2.24. The molecule has 0 unspecified atom stereocenters. The zero-order valence-electron chi connectivity index (χ0n) is 16.4. The highest BCUT2D eigenvalue weighted by atomic mass is 32.2. The molecular weight excluding hydrogens is 416 g/mol. The van der Waals surface area contributed by atoms with Crippen molar-refractivity contribution in [2.24, 2.45) is 0 Å². The van der Waals surface area contributed by atoms with Crippen LogP contribution in [0, 0.1) is 0 Å². The van der Waals surface area contributed by atoms with Crippen LogP contribution in [-0.4, -0.2) is 47.4 Å². The summed E-state index contributed by atoms with van der Waals surface area (Å²) in [4.78, 5) is 1.24. The fourth-order valence-corrected chi connectivity index (χ4v) is 3.63. The molecule has 3 rings (SSSR count). The Morgan fingerprint density at radius 2 is 1.87 bits per heavy atom. The van der Waals surface area contributed by atoms with Gasteiger partial charge in [-0.1, -0.05) is 30.3 Å². The SMILES string of the molecule is CNS(=O)(=O)c1ccc(Cc2ccc(C(C)(F)F)cc2)c(-c2nnn(CCO)n2)c1. The summed E-state index contributed by atoms with van der Waals surface area (Å²) in [5, 5.41) is 21.0. The van der Waals surface area contributed by atoms with Crippen molar-refractivity contribution in [1.82, 2.24) is 24.9 Å². The lowest BCUT2D eigenvalue weighted by molar-refractivity contribution is 0.0174.